The molecule has 1 aliphatic heterocycles. The van der Waals surface area contributed by atoms with Crippen LogP contribution >= 0.6 is 0 Å². The molecule has 5 nitrogen and oxygen atoms in total. The Hall–Kier alpha value is -0.950. The molecule has 6 heteroatoms. The zero-order valence-electron chi connectivity index (χ0n) is 12.7. The van der Waals surface area contributed by atoms with Gasteiger partial charge >= 0.3 is 0 Å². The topological polar surface area (TPSA) is 75.6 Å². The number of ether oxygens (including phenoxy) is 1. The predicted octanol–water partition coefficient (Wildman–Crippen LogP) is 1.50. The molecule has 118 valence electrons. The second-order valence-electron chi connectivity index (χ2n) is 5.74. The molecule has 1 aliphatic rings. The van der Waals surface area contributed by atoms with Gasteiger partial charge in [0.2, 0.25) is 10.0 Å². The van der Waals surface area contributed by atoms with Crippen LogP contribution < -0.4 is 4.72 Å². The lowest BCUT2D eigenvalue weighted by atomic mass is 10.0. The minimum absolute atomic E-state index is 0.166. The Morgan fingerprint density at radius 1 is 1.38 bits per heavy atom. The molecular weight excluding hydrogens is 290 g/mol. The number of sulfonamides is 1. The van der Waals surface area contributed by atoms with Crippen LogP contribution in [0, 0.1) is 19.8 Å². The summed E-state index contributed by atoms with van der Waals surface area (Å²) >= 11 is 0. The van der Waals surface area contributed by atoms with Crippen molar-refractivity contribution in [1.29, 1.82) is 0 Å². The van der Waals surface area contributed by atoms with Gasteiger partial charge in [0.15, 0.2) is 0 Å². The molecule has 0 aliphatic carbocycles. The van der Waals surface area contributed by atoms with Crippen molar-refractivity contribution in [2.45, 2.75) is 44.7 Å². The largest absolute Gasteiger partial charge is 0.392 e. The molecule has 0 radical (unpaired) electrons. The van der Waals surface area contributed by atoms with Gasteiger partial charge in [-0.3, -0.25) is 0 Å². The van der Waals surface area contributed by atoms with Crippen molar-refractivity contribution in [2.24, 2.45) is 5.92 Å². The Balaban J connectivity index is 2.26. The molecule has 1 aromatic rings. The summed E-state index contributed by atoms with van der Waals surface area (Å²) in [7, 11) is -3.59. The minimum atomic E-state index is -3.59. The molecule has 2 unspecified atom stereocenters. The monoisotopic (exact) mass is 313 g/mol. The van der Waals surface area contributed by atoms with E-state index in [9.17, 15) is 13.5 Å². The van der Waals surface area contributed by atoms with E-state index in [0.29, 0.717) is 24.3 Å². The van der Waals surface area contributed by atoms with E-state index >= 15 is 0 Å². The number of aliphatic hydroxyl groups excluding tert-OH is 1. The molecule has 1 aromatic carbocycles. The van der Waals surface area contributed by atoms with Crippen molar-refractivity contribution in [3.63, 3.8) is 0 Å². The highest BCUT2D eigenvalue weighted by atomic mass is 32.2. The third kappa shape index (κ3) is 3.63. The Kier molecular flexibility index (Phi) is 5.03. The van der Waals surface area contributed by atoms with E-state index in [4.69, 9.17) is 4.74 Å². The minimum Gasteiger partial charge on any atom is -0.392 e. The third-order valence-corrected chi connectivity index (χ3v) is 5.81. The molecule has 0 saturated carbocycles. The molecule has 1 saturated heterocycles. The van der Waals surface area contributed by atoms with Crippen molar-refractivity contribution < 1.29 is 18.3 Å². The fraction of sp³-hybridized carbons (Fsp3) is 0.600. The van der Waals surface area contributed by atoms with Gasteiger partial charge < -0.3 is 9.84 Å². The number of aryl methyl sites for hydroxylation is 2. The van der Waals surface area contributed by atoms with Crippen molar-refractivity contribution in [2.75, 3.05) is 13.2 Å². The van der Waals surface area contributed by atoms with E-state index in [-0.39, 0.29) is 23.5 Å². The number of aliphatic hydroxyl groups is 1. The van der Waals surface area contributed by atoms with Crippen LogP contribution in [-0.4, -0.2) is 32.8 Å². The normalized spacial score (nSPS) is 20.7. The van der Waals surface area contributed by atoms with E-state index in [2.05, 4.69) is 4.72 Å². The van der Waals surface area contributed by atoms with E-state index in [1.807, 2.05) is 13.8 Å². The SMILES string of the molecule is Cc1cc(C)c(S(=O)(=O)NC(C)C2CCOC2)cc1CO. The number of benzene rings is 1. The molecule has 21 heavy (non-hydrogen) atoms. The molecule has 0 amide bonds. The Morgan fingerprint density at radius 3 is 2.67 bits per heavy atom. The van der Waals surface area contributed by atoms with Gasteiger partial charge in [-0.2, -0.15) is 0 Å². The van der Waals surface area contributed by atoms with Gasteiger partial charge in [-0.25, -0.2) is 13.1 Å². The number of hydrogen-bond donors (Lipinski definition) is 2. The van der Waals surface area contributed by atoms with E-state index in [1.165, 1.54) is 0 Å². The predicted molar refractivity (Wildman–Crippen MR) is 80.5 cm³/mol. The van der Waals surface area contributed by atoms with Crippen LogP contribution in [0.4, 0.5) is 0 Å². The van der Waals surface area contributed by atoms with E-state index in [0.717, 1.165) is 12.0 Å². The number of nitrogens with one attached hydrogen (secondary N) is 1. The van der Waals surface area contributed by atoms with Crippen LogP contribution in [0.1, 0.15) is 30.0 Å². The van der Waals surface area contributed by atoms with Crippen LogP contribution in [0.5, 0.6) is 0 Å². The van der Waals surface area contributed by atoms with Gasteiger partial charge in [0, 0.05) is 18.6 Å². The van der Waals surface area contributed by atoms with Crippen molar-refractivity contribution >= 4 is 10.0 Å². The number of rotatable bonds is 5. The van der Waals surface area contributed by atoms with Crippen molar-refractivity contribution in [3.8, 4) is 0 Å². The molecule has 2 N–H and O–H groups in total. The first kappa shape index (κ1) is 16.4. The highest BCUT2D eigenvalue weighted by Crippen LogP contribution is 2.23. The molecule has 0 aromatic heterocycles. The molecule has 0 spiro atoms. The quantitative estimate of drug-likeness (QED) is 0.864. The summed E-state index contributed by atoms with van der Waals surface area (Å²) in [5.41, 5.74) is 2.22. The van der Waals surface area contributed by atoms with E-state index in [1.54, 1.807) is 19.1 Å². The molecule has 1 heterocycles. The molecule has 0 bridgehead atoms. The first-order chi connectivity index (χ1) is 9.85. The lowest BCUT2D eigenvalue weighted by Gasteiger charge is -2.20. The lowest BCUT2D eigenvalue weighted by Crippen LogP contribution is -2.38. The summed E-state index contributed by atoms with van der Waals surface area (Å²) in [5.74, 6) is 0.211. The summed E-state index contributed by atoms with van der Waals surface area (Å²) in [5, 5.41) is 9.32. The summed E-state index contributed by atoms with van der Waals surface area (Å²) in [6.07, 6.45) is 0.873. The summed E-state index contributed by atoms with van der Waals surface area (Å²) in [6.45, 7) is 6.62. The van der Waals surface area contributed by atoms with Gasteiger partial charge in [0.05, 0.1) is 18.1 Å². The molecule has 2 rings (SSSR count). The first-order valence-corrected chi connectivity index (χ1v) is 8.64. The van der Waals surface area contributed by atoms with Crippen LogP contribution in [0.2, 0.25) is 0 Å². The standard InChI is InChI=1S/C15H23NO4S/c1-10-6-11(2)15(7-14(10)8-17)21(18,19)16-12(3)13-4-5-20-9-13/h6-7,12-13,16-17H,4-5,8-9H2,1-3H3. The fourth-order valence-corrected chi connectivity index (χ4v) is 4.27. The maximum atomic E-state index is 12.6. The van der Waals surface area contributed by atoms with Gasteiger partial charge in [0.25, 0.3) is 0 Å². The Morgan fingerprint density at radius 2 is 2.10 bits per heavy atom. The van der Waals surface area contributed by atoms with Gasteiger partial charge in [0.1, 0.15) is 0 Å². The third-order valence-electron chi connectivity index (χ3n) is 4.11. The lowest BCUT2D eigenvalue weighted by molar-refractivity contribution is 0.180. The zero-order chi connectivity index (χ0) is 15.6. The Bertz CT molecular complexity index is 606. The highest BCUT2D eigenvalue weighted by molar-refractivity contribution is 7.89. The van der Waals surface area contributed by atoms with Crippen LogP contribution in [0.3, 0.4) is 0 Å². The zero-order valence-corrected chi connectivity index (χ0v) is 13.5. The van der Waals surface area contributed by atoms with Gasteiger partial charge in [-0.1, -0.05) is 6.07 Å². The fourth-order valence-electron chi connectivity index (χ4n) is 2.69. The van der Waals surface area contributed by atoms with E-state index < -0.39 is 10.0 Å². The smallest absolute Gasteiger partial charge is 0.241 e. The summed E-state index contributed by atoms with van der Waals surface area (Å²) in [6, 6.07) is 3.18. The van der Waals surface area contributed by atoms with Crippen LogP contribution in [0.25, 0.3) is 0 Å². The van der Waals surface area contributed by atoms with Gasteiger partial charge in [-0.05, 0) is 49.9 Å². The average molecular weight is 313 g/mol. The van der Waals surface area contributed by atoms with Crippen molar-refractivity contribution in [1.82, 2.24) is 4.72 Å². The second kappa shape index (κ2) is 6.44. The summed E-state index contributed by atoms with van der Waals surface area (Å²) < 4.78 is 33.2. The molecule has 1 fully saturated rings. The molecular formula is C15H23NO4S. The van der Waals surface area contributed by atoms with Crippen LogP contribution in [-0.2, 0) is 21.4 Å². The van der Waals surface area contributed by atoms with Crippen LogP contribution in [0.15, 0.2) is 17.0 Å². The molecule has 2 atom stereocenters. The second-order valence-corrected chi connectivity index (χ2v) is 7.42. The average Bonchev–Trinajstić information content (AvgIpc) is 2.91. The number of hydrogen-bond acceptors (Lipinski definition) is 4. The highest BCUT2D eigenvalue weighted by Gasteiger charge is 2.27. The maximum absolute atomic E-state index is 12.6. The Labute approximate surface area is 126 Å². The van der Waals surface area contributed by atoms with Crippen molar-refractivity contribution in [3.05, 3.63) is 28.8 Å². The summed E-state index contributed by atoms with van der Waals surface area (Å²) in [4.78, 5) is 0.239. The van der Waals surface area contributed by atoms with Gasteiger partial charge in [-0.15, -0.1) is 0 Å². The maximum Gasteiger partial charge on any atom is 0.241 e. The first-order valence-electron chi connectivity index (χ1n) is 7.16.